The van der Waals surface area contributed by atoms with Crippen molar-refractivity contribution in [3.05, 3.63) is 38.8 Å². The van der Waals surface area contributed by atoms with Crippen LogP contribution in [0.1, 0.15) is 22.3 Å². The van der Waals surface area contributed by atoms with E-state index in [-0.39, 0.29) is 0 Å². The van der Waals surface area contributed by atoms with Crippen LogP contribution in [0, 0.1) is 6.92 Å². The first kappa shape index (κ1) is 15.1. The molecule has 0 spiro atoms. The van der Waals surface area contributed by atoms with Crippen LogP contribution in [0.25, 0.3) is 0 Å². The van der Waals surface area contributed by atoms with E-state index in [1.54, 1.807) is 25.1 Å². The van der Waals surface area contributed by atoms with Crippen molar-refractivity contribution in [1.82, 2.24) is 4.98 Å². The van der Waals surface area contributed by atoms with Gasteiger partial charge in [-0.05, 0) is 32.0 Å². The number of hydrogen-bond acceptors (Lipinski definition) is 5. The summed E-state index contributed by atoms with van der Waals surface area (Å²) in [5, 5.41) is 4.63. The van der Waals surface area contributed by atoms with Crippen LogP contribution in [-0.4, -0.2) is 17.6 Å². The lowest BCUT2D eigenvalue weighted by molar-refractivity contribution is 0.0519. The Morgan fingerprint density at radius 3 is 2.80 bits per heavy atom. The minimum atomic E-state index is -0.413. The van der Waals surface area contributed by atoms with E-state index in [9.17, 15) is 4.79 Å². The summed E-state index contributed by atoms with van der Waals surface area (Å²) >= 11 is 13.2. The number of benzene rings is 1. The molecule has 0 aliphatic heterocycles. The molecule has 0 fully saturated rings. The van der Waals surface area contributed by atoms with Gasteiger partial charge < -0.3 is 10.1 Å². The number of rotatable bonds is 4. The summed E-state index contributed by atoms with van der Waals surface area (Å²) in [5.41, 5.74) is 1.09. The fourth-order valence-corrected chi connectivity index (χ4v) is 2.66. The van der Waals surface area contributed by atoms with Gasteiger partial charge >= 0.3 is 5.97 Å². The molecule has 0 amide bonds. The molecule has 2 rings (SSSR count). The van der Waals surface area contributed by atoms with Crippen LogP contribution in [0.5, 0.6) is 0 Å². The summed E-state index contributed by atoms with van der Waals surface area (Å²) in [6, 6.07) is 5.18. The average Bonchev–Trinajstić information content (AvgIpc) is 2.75. The van der Waals surface area contributed by atoms with Gasteiger partial charge in [0.15, 0.2) is 10.8 Å². The minimum Gasteiger partial charge on any atom is -0.461 e. The zero-order chi connectivity index (χ0) is 14.7. The fraction of sp³-hybridized carbons (Fsp3) is 0.231. The van der Waals surface area contributed by atoms with E-state index >= 15 is 0 Å². The summed E-state index contributed by atoms with van der Waals surface area (Å²) in [7, 11) is 0. The Labute approximate surface area is 130 Å². The molecule has 0 aliphatic carbocycles. The number of nitrogens with one attached hydrogen (secondary N) is 1. The molecular weight excluding hydrogens is 319 g/mol. The first-order valence-electron chi connectivity index (χ1n) is 5.88. The summed E-state index contributed by atoms with van der Waals surface area (Å²) in [6.07, 6.45) is 0. The van der Waals surface area contributed by atoms with Gasteiger partial charge in [-0.15, -0.1) is 11.3 Å². The van der Waals surface area contributed by atoms with E-state index in [4.69, 9.17) is 27.9 Å². The molecular formula is C13H12Cl2N2O2S. The molecule has 0 saturated heterocycles. The quantitative estimate of drug-likeness (QED) is 0.827. The predicted octanol–water partition coefficient (Wildman–Crippen LogP) is 4.68. The normalized spacial score (nSPS) is 10.4. The number of carbonyl (C=O) groups excluding carboxylic acids is 1. The van der Waals surface area contributed by atoms with Gasteiger partial charge in [0, 0.05) is 10.6 Å². The Kier molecular flexibility index (Phi) is 4.86. The number of aromatic nitrogens is 1. The summed E-state index contributed by atoms with van der Waals surface area (Å²) in [4.78, 5) is 16.7. The number of halogens is 2. The Morgan fingerprint density at radius 2 is 2.15 bits per heavy atom. The molecule has 0 unspecified atom stereocenters. The van der Waals surface area contributed by atoms with Gasteiger partial charge in [-0.3, -0.25) is 0 Å². The summed E-state index contributed by atoms with van der Waals surface area (Å²) in [5.74, 6) is -0.413. The van der Waals surface area contributed by atoms with Crippen LogP contribution < -0.4 is 5.32 Å². The zero-order valence-corrected chi connectivity index (χ0v) is 13.2. The lowest BCUT2D eigenvalue weighted by atomic mass is 10.3. The molecule has 1 aromatic carbocycles. The zero-order valence-electron chi connectivity index (χ0n) is 10.9. The Bertz CT molecular complexity index is 643. The third-order valence-electron chi connectivity index (χ3n) is 2.44. The van der Waals surface area contributed by atoms with Gasteiger partial charge in [0.05, 0.1) is 16.7 Å². The van der Waals surface area contributed by atoms with Crippen LogP contribution in [0.2, 0.25) is 10.0 Å². The molecule has 2 aromatic rings. The molecule has 0 atom stereocenters. The molecule has 0 bridgehead atoms. The monoisotopic (exact) mass is 330 g/mol. The van der Waals surface area contributed by atoms with E-state index < -0.39 is 5.97 Å². The second-order valence-electron chi connectivity index (χ2n) is 3.90. The topological polar surface area (TPSA) is 51.2 Å². The number of esters is 1. The number of anilines is 2. The summed E-state index contributed by atoms with van der Waals surface area (Å²) in [6.45, 7) is 3.91. The maximum absolute atomic E-state index is 11.7. The number of nitrogens with zero attached hydrogens (tertiary/aromatic N) is 1. The molecule has 0 aliphatic rings. The smallest absolute Gasteiger partial charge is 0.358 e. The van der Waals surface area contributed by atoms with Crippen LogP contribution >= 0.6 is 34.5 Å². The molecule has 4 nitrogen and oxygen atoms in total. The predicted molar refractivity (Wildman–Crippen MR) is 82.6 cm³/mol. The number of thiazole rings is 1. The molecule has 7 heteroatoms. The molecule has 0 radical (unpaired) electrons. The van der Waals surface area contributed by atoms with Crippen LogP contribution in [0.15, 0.2) is 18.2 Å². The van der Waals surface area contributed by atoms with E-state index in [0.29, 0.717) is 27.5 Å². The van der Waals surface area contributed by atoms with Gasteiger partial charge in [-0.1, -0.05) is 23.2 Å². The highest BCUT2D eigenvalue weighted by molar-refractivity contribution is 7.15. The Balaban J connectivity index is 2.20. The standard InChI is InChI=1S/C13H12Cl2N2O2S/c1-3-19-12(18)11-7(2)20-13(17-11)16-8-4-5-9(14)10(15)6-8/h4-6H,3H2,1-2H3,(H,16,17). The minimum absolute atomic E-state index is 0.325. The maximum atomic E-state index is 11.7. The third-order valence-corrected chi connectivity index (χ3v) is 4.06. The SMILES string of the molecule is CCOC(=O)c1nc(Nc2ccc(Cl)c(Cl)c2)sc1C. The van der Waals surface area contributed by atoms with Crippen molar-refractivity contribution in [2.75, 3.05) is 11.9 Å². The molecule has 106 valence electrons. The van der Waals surface area contributed by atoms with E-state index in [0.717, 1.165) is 10.6 Å². The number of ether oxygens (including phenoxy) is 1. The fourth-order valence-electron chi connectivity index (χ4n) is 1.54. The molecule has 1 aromatic heterocycles. The van der Waals surface area contributed by atoms with Gasteiger partial charge in [-0.25, -0.2) is 9.78 Å². The third kappa shape index (κ3) is 3.42. The highest BCUT2D eigenvalue weighted by atomic mass is 35.5. The van der Waals surface area contributed by atoms with Crippen LogP contribution in [0.3, 0.4) is 0 Å². The van der Waals surface area contributed by atoms with Gasteiger partial charge in [0.2, 0.25) is 0 Å². The van der Waals surface area contributed by atoms with E-state index in [1.165, 1.54) is 11.3 Å². The summed E-state index contributed by atoms with van der Waals surface area (Å²) < 4.78 is 4.95. The second kappa shape index (κ2) is 6.43. The van der Waals surface area contributed by atoms with Gasteiger partial charge in [0.1, 0.15) is 0 Å². The lowest BCUT2D eigenvalue weighted by Crippen LogP contribution is -2.06. The second-order valence-corrected chi connectivity index (χ2v) is 5.92. The molecule has 0 saturated carbocycles. The first-order valence-corrected chi connectivity index (χ1v) is 7.45. The average molecular weight is 331 g/mol. The largest absolute Gasteiger partial charge is 0.461 e. The van der Waals surface area contributed by atoms with Crippen molar-refractivity contribution in [2.24, 2.45) is 0 Å². The molecule has 1 heterocycles. The van der Waals surface area contributed by atoms with Crippen molar-refractivity contribution in [3.63, 3.8) is 0 Å². The van der Waals surface area contributed by atoms with Crippen molar-refractivity contribution in [2.45, 2.75) is 13.8 Å². The van der Waals surface area contributed by atoms with Crippen LogP contribution in [0.4, 0.5) is 10.8 Å². The molecule has 1 N–H and O–H groups in total. The first-order chi connectivity index (χ1) is 9.51. The van der Waals surface area contributed by atoms with Gasteiger partial charge in [0.25, 0.3) is 0 Å². The van der Waals surface area contributed by atoms with E-state index in [2.05, 4.69) is 10.3 Å². The number of aryl methyl sites for hydroxylation is 1. The van der Waals surface area contributed by atoms with Crippen molar-refractivity contribution in [1.29, 1.82) is 0 Å². The maximum Gasteiger partial charge on any atom is 0.358 e. The van der Waals surface area contributed by atoms with Crippen molar-refractivity contribution in [3.8, 4) is 0 Å². The highest BCUT2D eigenvalue weighted by Gasteiger charge is 2.16. The highest BCUT2D eigenvalue weighted by Crippen LogP contribution is 2.29. The Morgan fingerprint density at radius 1 is 1.40 bits per heavy atom. The Hall–Kier alpha value is -1.30. The number of carbonyl (C=O) groups is 1. The van der Waals surface area contributed by atoms with E-state index in [1.807, 2.05) is 6.92 Å². The van der Waals surface area contributed by atoms with Crippen molar-refractivity contribution < 1.29 is 9.53 Å². The molecule has 20 heavy (non-hydrogen) atoms. The number of hydrogen-bond donors (Lipinski definition) is 1. The van der Waals surface area contributed by atoms with Crippen LogP contribution in [-0.2, 0) is 4.74 Å². The lowest BCUT2D eigenvalue weighted by Gasteiger charge is -2.03. The van der Waals surface area contributed by atoms with Crippen molar-refractivity contribution >= 4 is 51.3 Å². The van der Waals surface area contributed by atoms with Gasteiger partial charge in [-0.2, -0.15) is 0 Å².